The fourth-order valence-corrected chi connectivity index (χ4v) is 1.49. The molecule has 1 N–H and O–H groups in total. The summed E-state index contributed by atoms with van der Waals surface area (Å²) in [6, 6.07) is 5.25. The van der Waals surface area contributed by atoms with Crippen LogP contribution in [0.2, 0.25) is 5.02 Å². The van der Waals surface area contributed by atoms with E-state index in [0.717, 1.165) is 5.56 Å². The van der Waals surface area contributed by atoms with Gasteiger partial charge in [0, 0.05) is 22.0 Å². The minimum atomic E-state index is -0.423. The molecule has 0 aromatic heterocycles. The molecule has 4 heteroatoms. The summed E-state index contributed by atoms with van der Waals surface area (Å²) in [5.74, 6) is 0.212. The molecule has 0 saturated carbocycles. The molecule has 0 atom stereocenters. The number of benzene rings is 1. The molecule has 1 amide bonds. The predicted octanol–water partition coefficient (Wildman–Crippen LogP) is 3.40. The first-order chi connectivity index (χ1) is 7.35. The lowest BCUT2D eigenvalue weighted by atomic mass is 10.0. The van der Waals surface area contributed by atoms with Gasteiger partial charge in [-0.15, -0.1) is 11.6 Å². The Hall–Kier alpha value is -0.730. The summed E-state index contributed by atoms with van der Waals surface area (Å²) in [5, 5.41) is 3.42. The van der Waals surface area contributed by atoms with Crippen molar-refractivity contribution in [2.45, 2.75) is 26.3 Å². The van der Waals surface area contributed by atoms with Crippen molar-refractivity contribution in [3.63, 3.8) is 0 Å². The topological polar surface area (TPSA) is 29.1 Å². The average molecular weight is 260 g/mol. The summed E-state index contributed by atoms with van der Waals surface area (Å²) in [6.07, 6.45) is 0. The normalized spacial score (nSPS) is 11.3. The van der Waals surface area contributed by atoms with Crippen molar-refractivity contribution >= 4 is 29.1 Å². The quantitative estimate of drug-likeness (QED) is 0.829. The third-order valence-electron chi connectivity index (χ3n) is 2.23. The molecule has 88 valence electrons. The number of rotatable bonds is 3. The highest BCUT2D eigenvalue weighted by molar-refractivity contribution is 6.31. The van der Waals surface area contributed by atoms with Gasteiger partial charge in [0.1, 0.15) is 0 Å². The Bertz CT molecular complexity index is 402. The first-order valence-electron chi connectivity index (χ1n) is 5.00. The van der Waals surface area contributed by atoms with E-state index in [9.17, 15) is 4.79 Å². The fourth-order valence-electron chi connectivity index (χ4n) is 1.25. The van der Waals surface area contributed by atoms with E-state index in [1.807, 2.05) is 26.8 Å². The van der Waals surface area contributed by atoms with Crippen LogP contribution >= 0.6 is 23.2 Å². The Labute approximate surface area is 106 Å². The molecule has 0 aliphatic carbocycles. The zero-order valence-electron chi connectivity index (χ0n) is 9.60. The number of halogens is 2. The Morgan fingerprint density at radius 1 is 1.44 bits per heavy atom. The number of amides is 1. The number of nitrogens with one attached hydrogen (secondary N) is 1. The highest BCUT2D eigenvalue weighted by Gasteiger charge is 2.20. The van der Waals surface area contributed by atoms with Crippen molar-refractivity contribution in [3.8, 4) is 0 Å². The first-order valence-corrected chi connectivity index (χ1v) is 5.91. The van der Waals surface area contributed by atoms with Crippen LogP contribution in [0.1, 0.15) is 29.8 Å². The summed E-state index contributed by atoms with van der Waals surface area (Å²) >= 11 is 11.6. The second kappa shape index (κ2) is 5.07. The first kappa shape index (κ1) is 13.3. The minimum absolute atomic E-state index is 0.148. The van der Waals surface area contributed by atoms with E-state index in [1.165, 1.54) is 0 Å². The molecule has 0 spiro atoms. The minimum Gasteiger partial charge on any atom is -0.346 e. The average Bonchev–Trinajstić information content (AvgIpc) is 2.21. The van der Waals surface area contributed by atoms with E-state index >= 15 is 0 Å². The van der Waals surface area contributed by atoms with E-state index in [-0.39, 0.29) is 5.91 Å². The van der Waals surface area contributed by atoms with Gasteiger partial charge >= 0.3 is 0 Å². The summed E-state index contributed by atoms with van der Waals surface area (Å²) in [4.78, 5) is 12.0. The largest absolute Gasteiger partial charge is 0.346 e. The van der Waals surface area contributed by atoms with Crippen molar-refractivity contribution in [2.24, 2.45) is 0 Å². The maximum absolute atomic E-state index is 12.0. The highest BCUT2D eigenvalue weighted by atomic mass is 35.5. The second-order valence-corrected chi connectivity index (χ2v) is 5.13. The van der Waals surface area contributed by atoms with Crippen LogP contribution in [0.5, 0.6) is 0 Å². The van der Waals surface area contributed by atoms with Crippen molar-refractivity contribution in [1.29, 1.82) is 0 Å². The van der Waals surface area contributed by atoms with Crippen molar-refractivity contribution in [3.05, 3.63) is 34.3 Å². The SMILES string of the molecule is Cc1ccc(Cl)cc1C(=O)NC(C)(C)CCl. The lowest BCUT2D eigenvalue weighted by Gasteiger charge is -2.23. The van der Waals surface area contributed by atoms with E-state index in [2.05, 4.69) is 5.32 Å². The van der Waals surface area contributed by atoms with Gasteiger partial charge in [-0.2, -0.15) is 0 Å². The number of alkyl halides is 1. The van der Waals surface area contributed by atoms with Gasteiger partial charge in [-0.25, -0.2) is 0 Å². The predicted molar refractivity (Wildman–Crippen MR) is 68.5 cm³/mol. The lowest BCUT2D eigenvalue weighted by molar-refractivity contribution is 0.0920. The summed E-state index contributed by atoms with van der Waals surface area (Å²) in [5.41, 5.74) is 1.06. The van der Waals surface area contributed by atoms with Gasteiger partial charge in [0.05, 0.1) is 0 Å². The van der Waals surface area contributed by atoms with Gasteiger partial charge in [0.2, 0.25) is 0 Å². The summed E-state index contributed by atoms with van der Waals surface area (Å²) < 4.78 is 0. The van der Waals surface area contributed by atoms with Crippen LogP contribution in [0.3, 0.4) is 0 Å². The molecular formula is C12H15Cl2NO. The lowest BCUT2D eigenvalue weighted by Crippen LogP contribution is -2.45. The van der Waals surface area contributed by atoms with E-state index in [0.29, 0.717) is 16.5 Å². The molecule has 0 fully saturated rings. The van der Waals surface area contributed by atoms with Gasteiger partial charge in [-0.1, -0.05) is 17.7 Å². The molecule has 0 aliphatic heterocycles. The molecule has 0 unspecified atom stereocenters. The smallest absolute Gasteiger partial charge is 0.252 e. The molecule has 1 aromatic rings. The molecule has 0 bridgehead atoms. The number of carbonyl (C=O) groups excluding carboxylic acids is 1. The van der Waals surface area contributed by atoms with Gasteiger partial charge in [0.15, 0.2) is 0 Å². The maximum Gasteiger partial charge on any atom is 0.252 e. The zero-order chi connectivity index (χ0) is 12.3. The van der Waals surface area contributed by atoms with Gasteiger partial charge < -0.3 is 5.32 Å². The summed E-state index contributed by atoms with van der Waals surface area (Å²) in [7, 11) is 0. The molecule has 1 aromatic carbocycles. The van der Waals surface area contributed by atoms with Crippen LogP contribution < -0.4 is 5.32 Å². The molecule has 2 nitrogen and oxygen atoms in total. The van der Waals surface area contributed by atoms with Gasteiger partial charge in [-0.3, -0.25) is 4.79 Å². The summed E-state index contributed by atoms with van der Waals surface area (Å²) in [6.45, 7) is 5.62. The standard InChI is InChI=1S/C12H15Cl2NO/c1-8-4-5-9(14)6-10(8)11(16)15-12(2,3)7-13/h4-6H,7H2,1-3H3,(H,15,16). The van der Waals surface area contributed by atoms with Crippen LogP contribution in [0.15, 0.2) is 18.2 Å². The molecule has 1 rings (SSSR count). The van der Waals surface area contributed by atoms with E-state index in [4.69, 9.17) is 23.2 Å². The van der Waals surface area contributed by atoms with Crippen molar-refractivity contribution in [2.75, 3.05) is 5.88 Å². The second-order valence-electron chi connectivity index (χ2n) is 4.43. The number of aryl methyl sites for hydroxylation is 1. The van der Waals surface area contributed by atoms with Gasteiger partial charge in [0.25, 0.3) is 5.91 Å². The van der Waals surface area contributed by atoms with Crippen molar-refractivity contribution in [1.82, 2.24) is 5.32 Å². The van der Waals surface area contributed by atoms with Crippen LogP contribution in [-0.2, 0) is 0 Å². The molecule has 0 aliphatic rings. The van der Waals surface area contributed by atoms with E-state index in [1.54, 1.807) is 12.1 Å². The van der Waals surface area contributed by atoms with Crippen LogP contribution in [-0.4, -0.2) is 17.3 Å². The number of hydrogen-bond donors (Lipinski definition) is 1. The Kier molecular flexibility index (Phi) is 4.22. The number of hydrogen-bond acceptors (Lipinski definition) is 1. The molecule has 0 saturated heterocycles. The third-order valence-corrected chi connectivity index (χ3v) is 3.13. The van der Waals surface area contributed by atoms with Gasteiger partial charge in [-0.05, 0) is 38.5 Å². The Morgan fingerprint density at radius 3 is 2.62 bits per heavy atom. The zero-order valence-corrected chi connectivity index (χ0v) is 11.1. The fraction of sp³-hybridized carbons (Fsp3) is 0.417. The van der Waals surface area contributed by atoms with E-state index < -0.39 is 5.54 Å². The molecule has 16 heavy (non-hydrogen) atoms. The number of carbonyl (C=O) groups is 1. The molecule has 0 heterocycles. The van der Waals surface area contributed by atoms with Crippen LogP contribution in [0, 0.1) is 6.92 Å². The molecular weight excluding hydrogens is 245 g/mol. The van der Waals surface area contributed by atoms with Crippen molar-refractivity contribution < 1.29 is 4.79 Å². The highest BCUT2D eigenvalue weighted by Crippen LogP contribution is 2.16. The molecule has 0 radical (unpaired) electrons. The van der Waals surface area contributed by atoms with Crippen LogP contribution in [0.25, 0.3) is 0 Å². The maximum atomic E-state index is 12.0. The Balaban J connectivity index is 2.93. The van der Waals surface area contributed by atoms with Crippen LogP contribution in [0.4, 0.5) is 0 Å². The third kappa shape index (κ3) is 3.39. The Morgan fingerprint density at radius 2 is 2.06 bits per heavy atom. The monoisotopic (exact) mass is 259 g/mol.